The molecule has 0 bridgehead atoms. The molecule has 0 saturated heterocycles. The van der Waals surface area contributed by atoms with Gasteiger partial charge < -0.3 is 4.57 Å². The van der Waals surface area contributed by atoms with Gasteiger partial charge in [-0.05, 0) is 18.1 Å². The molecule has 13 heavy (non-hydrogen) atoms. The first-order valence-electron chi connectivity index (χ1n) is 5.08. The van der Waals surface area contributed by atoms with Crippen LogP contribution in [-0.2, 0) is 13.5 Å². The van der Waals surface area contributed by atoms with Crippen LogP contribution >= 0.6 is 12.6 Å². The lowest BCUT2D eigenvalue weighted by Crippen LogP contribution is -1.82. The number of rotatable bonds is 1. The van der Waals surface area contributed by atoms with E-state index in [2.05, 4.69) is 31.8 Å². The highest BCUT2D eigenvalue weighted by atomic mass is 32.1. The van der Waals surface area contributed by atoms with Crippen molar-refractivity contribution in [2.24, 2.45) is 7.05 Å². The summed E-state index contributed by atoms with van der Waals surface area (Å²) in [4.78, 5) is 0. The molecule has 0 aliphatic carbocycles. The molecule has 1 nitrogen and oxygen atoms in total. The third-order valence-corrected chi connectivity index (χ3v) is 1.89. The molecule has 1 rings (SSSR count). The maximum atomic E-state index is 4.24. The Kier molecular flexibility index (Phi) is 11.3. The summed E-state index contributed by atoms with van der Waals surface area (Å²) in [6.07, 6.45) is 3.19. The quantitative estimate of drug-likeness (QED) is 0.657. The van der Waals surface area contributed by atoms with Gasteiger partial charge in [-0.25, -0.2) is 0 Å². The first-order chi connectivity index (χ1) is 6.24. The topological polar surface area (TPSA) is 4.93 Å². The molecule has 0 unspecified atom stereocenters. The second-order valence-corrected chi connectivity index (χ2v) is 2.63. The molecule has 1 aromatic heterocycles. The van der Waals surface area contributed by atoms with Crippen molar-refractivity contribution in [2.45, 2.75) is 46.1 Å². The molecule has 0 radical (unpaired) electrons. The Bertz CT molecular complexity index is 184. The van der Waals surface area contributed by atoms with E-state index in [1.54, 1.807) is 0 Å². The Balaban J connectivity index is 0. The molecule has 0 saturated carbocycles. The minimum Gasteiger partial charge on any atom is -0.346 e. The summed E-state index contributed by atoms with van der Waals surface area (Å²) in [5, 5.41) is 1.03. The SMILES string of the molecule is CC.CC.CCc1cc(S)n(C)c1. The van der Waals surface area contributed by atoms with E-state index in [9.17, 15) is 0 Å². The van der Waals surface area contributed by atoms with Crippen molar-refractivity contribution in [3.05, 3.63) is 17.8 Å². The van der Waals surface area contributed by atoms with Gasteiger partial charge in [0, 0.05) is 13.2 Å². The molecular formula is C11H23NS. The monoisotopic (exact) mass is 201 g/mol. The number of nitrogens with zero attached hydrogens (tertiary/aromatic N) is 1. The van der Waals surface area contributed by atoms with Gasteiger partial charge in [0.2, 0.25) is 0 Å². The minimum absolute atomic E-state index is 1.03. The van der Waals surface area contributed by atoms with Crippen LogP contribution < -0.4 is 0 Å². The predicted octanol–water partition coefficient (Wildman–Crippen LogP) is 3.93. The molecule has 0 atom stereocenters. The molecule has 0 aliphatic rings. The highest BCUT2D eigenvalue weighted by Gasteiger charge is 1.94. The normalized spacial score (nSPS) is 7.92. The minimum atomic E-state index is 1.03. The van der Waals surface area contributed by atoms with Gasteiger partial charge >= 0.3 is 0 Å². The number of thiol groups is 1. The van der Waals surface area contributed by atoms with E-state index in [1.807, 2.05) is 39.3 Å². The zero-order valence-corrected chi connectivity index (χ0v) is 10.7. The van der Waals surface area contributed by atoms with Crippen LogP contribution in [0.4, 0.5) is 0 Å². The number of aromatic nitrogens is 1. The maximum absolute atomic E-state index is 4.24. The molecule has 0 spiro atoms. The van der Waals surface area contributed by atoms with Crippen molar-refractivity contribution < 1.29 is 0 Å². The molecule has 0 N–H and O–H groups in total. The zero-order valence-electron chi connectivity index (χ0n) is 9.76. The van der Waals surface area contributed by atoms with E-state index in [4.69, 9.17) is 0 Å². The van der Waals surface area contributed by atoms with Crippen molar-refractivity contribution >= 4 is 12.6 Å². The van der Waals surface area contributed by atoms with E-state index >= 15 is 0 Å². The third-order valence-electron chi connectivity index (χ3n) is 1.44. The standard InChI is InChI=1S/C7H11NS.2C2H6/c1-3-6-4-7(9)8(2)5-6;2*1-2/h4-5,9H,3H2,1-2H3;2*1-2H3. The van der Waals surface area contributed by atoms with Crippen LogP contribution in [0.2, 0.25) is 0 Å². The summed E-state index contributed by atoms with van der Waals surface area (Å²) in [6.45, 7) is 10.1. The van der Waals surface area contributed by atoms with Gasteiger partial charge in [0.05, 0.1) is 5.03 Å². The summed E-state index contributed by atoms with van der Waals surface area (Å²) in [6, 6.07) is 2.09. The zero-order chi connectivity index (χ0) is 10.9. The van der Waals surface area contributed by atoms with Crippen molar-refractivity contribution in [2.75, 3.05) is 0 Å². The number of hydrogen-bond donors (Lipinski definition) is 1. The van der Waals surface area contributed by atoms with E-state index in [1.165, 1.54) is 5.56 Å². The summed E-state index contributed by atoms with van der Waals surface area (Å²) >= 11 is 4.24. The van der Waals surface area contributed by atoms with E-state index < -0.39 is 0 Å². The molecule has 0 aliphatic heterocycles. The molecule has 0 aromatic carbocycles. The lowest BCUT2D eigenvalue weighted by Gasteiger charge is -1.89. The van der Waals surface area contributed by atoms with Crippen LogP contribution in [0.3, 0.4) is 0 Å². The molecule has 78 valence electrons. The second kappa shape index (κ2) is 9.72. The lowest BCUT2D eigenvalue weighted by atomic mass is 10.3. The first kappa shape index (κ1) is 15.1. The summed E-state index contributed by atoms with van der Waals surface area (Å²) in [5.41, 5.74) is 1.35. The third kappa shape index (κ3) is 5.81. The molecule has 1 heterocycles. The fourth-order valence-electron chi connectivity index (χ4n) is 0.813. The molecule has 2 heteroatoms. The first-order valence-corrected chi connectivity index (χ1v) is 5.53. The Labute approximate surface area is 88.6 Å². The molecular weight excluding hydrogens is 178 g/mol. The average Bonchev–Trinajstić information content (AvgIpc) is 2.53. The van der Waals surface area contributed by atoms with E-state index in [0.717, 1.165) is 11.4 Å². The largest absolute Gasteiger partial charge is 0.346 e. The van der Waals surface area contributed by atoms with Crippen molar-refractivity contribution in [3.8, 4) is 0 Å². The summed E-state index contributed by atoms with van der Waals surface area (Å²) < 4.78 is 2.02. The predicted molar refractivity (Wildman–Crippen MR) is 64.7 cm³/mol. The highest BCUT2D eigenvalue weighted by molar-refractivity contribution is 7.80. The van der Waals surface area contributed by atoms with Crippen LogP contribution in [0, 0.1) is 0 Å². The van der Waals surface area contributed by atoms with Gasteiger partial charge in [0.1, 0.15) is 0 Å². The smallest absolute Gasteiger partial charge is 0.0717 e. The fourth-order valence-corrected chi connectivity index (χ4v) is 1.04. The Hall–Kier alpha value is -0.370. The van der Waals surface area contributed by atoms with Crippen LogP contribution in [0.15, 0.2) is 17.3 Å². The fraction of sp³-hybridized carbons (Fsp3) is 0.636. The van der Waals surface area contributed by atoms with Gasteiger partial charge in [0.15, 0.2) is 0 Å². The average molecular weight is 201 g/mol. The molecule has 1 aromatic rings. The van der Waals surface area contributed by atoms with Crippen molar-refractivity contribution in [1.29, 1.82) is 0 Å². The van der Waals surface area contributed by atoms with Crippen LogP contribution in [0.1, 0.15) is 40.2 Å². The summed E-state index contributed by atoms with van der Waals surface area (Å²) in [5.74, 6) is 0. The summed E-state index contributed by atoms with van der Waals surface area (Å²) in [7, 11) is 2.00. The van der Waals surface area contributed by atoms with Gasteiger partial charge in [0.25, 0.3) is 0 Å². The molecule has 0 fully saturated rings. The molecule has 0 amide bonds. The second-order valence-electron chi connectivity index (χ2n) is 2.17. The van der Waals surface area contributed by atoms with Gasteiger partial charge in [-0.15, -0.1) is 12.6 Å². The highest BCUT2D eigenvalue weighted by Crippen LogP contribution is 2.10. The van der Waals surface area contributed by atoms with Crippen LogP contribution in [0.5, 0.6) is 0 Å². The van der Waals surface area contributed by atoms with E-state index in [-0.39, 0.29) is 0 Å². The van der Waals surface area contributed by atoms with Gasteiger partial charge in [-0.1, -0.05) is 34.6 Å². The Morgan fingerprint density at radius 2 is 1.69 bits per heavy atom. The van der Waals surface area contributed by atoms with Crippen LogP contribution in [-0.4, -0.2) is 4.57 Å². The Morgan fingerprint density at radius 3 is 1.85 bits per heavy atom. The number of aryl methyl sites for hydroxylation is 2. The van der Waals surface area contributed by atoms with Crippen molar-refractivity contribution in [3.63, 3.8) is 0 Å². The maximum Gasteiger partial charge on any atom is 0.0717 e. The number of hydrogen-bond acceptors (Lipinski definition) is 1. The van der Waals surface area contributed by atoms with Gasteiger partial charge in [-0.3, -0.25) is 0 Å². The lowest BCUT2D eigenvalue weighted by molar-refractivity contribution is 0.830. The van der Waals surface area contributed by atoms with Crippen LogP contribution in [0.25, 0.3) is 0 Å². The Morgan fingerprint density at radius 1 is 1.23 bits per heavy atom. The van der Waals surface area contributed by atoms with Gasteiger partial charge in [-0.2, -0.15) is 0 Å². The van der Waals surface area contributed by atoms with Crippen molar-refractivity contribution in [1.82, 2.24) is 4.57 Å². The van der Waals surface area contributed by atoms with E-state index in [0.29, 0.717) is 0 Å².